The average Bonchev–Trinajstić information content (AvgIpc) is 2.75. The standard InChI is InChI=1S/C24H27N3O3/c1-17(2)26-14-12-25(13-15-26)16-21-22(24(29)30)19-10-6-7-11-20(19)23(28)27(21)18-8-4-3-5-9-18/h3-11,17H,12-16H2,1-2H3,(H,29,30). The summed E-state index contributed by atoms with van der Waals surface area (Å²) in [5.41, 5.74) is 1.25. The van der Waals surface area contributed by atoms with Gasteiger partial charge in [0.1, 0.15) is 0 Å². The van der Waals surface area contributed by atoms with Gasteiger partial charge in [-0.2, -0.15) is 0 Å². The summed E-state index contributed by atoms with van der Waals surface area (Å²) < 4.78 is 1.58. The fraction of sp³-hybridized carbons (Fsp3) is 0.333. The molecule has 1 fully saturated rings. The fourth-order valence-electron chi connectivity index (χ4n) is 4.29. The van der Waals surface area contributed by atoms with Gasteiger partial charge in [0.25, 0.3) is 5.56 Å². The first-order chi connectivity index (χ1) is 14.5. The van der Waals surface area contributed by atoms with E-state index in [0.717, 1.165) is 26.2 Å². The number of hydrogen-bond donors (Lipinski definition) is 1. The molecule has 1 aromatic heterocycles. The largest absolute Gasteiger partial charge is 0.478 e. The quantitative estimate of drug-likeness (QED) is 0.706. The van der Waals surface area contributed by atoms with Gasteiger partial charge in [0.05, 0.1) is 11.3 Å². The van der Waals surface area contributed by atoms with E-state index < -0.39 is 5.97 Å². The zero-order valence-electron chi connectivity index (χ0n) is 17.4. The van der Waals surface area contributed by atoms with Crippen molar-refractivity contribution in [3.8, 4) is 5.69 Å². The second-order valence-corrected chi connectivity index (χ2v) is 8.05. The highest BCUT2D eigenvalue weighted by Crippen LogP contribution is 2.24. The summed E-state index contributed by atoms with van der Waals surface area (Å²) in [7, 11) is 0. The van der Waals surface area contributed by atoms with Crippen molar-refractivity contribution in [3.05, 3.63) is 76.2 Å². The van der Waals surface area contributed by atoms with Gasteiger partial charge in [-0.3, -0.25) is 19.2 Å². The monoisotopic (exact) mass is 405 g/mol. The van der Waals surface area contributed by atoms with E-state index >= 15 is 0 Å². The Hall–Kier alpha value is -2.96. The molecule has 0 saturated carbocycles. The lowest BCUT2D eigenvalue weighted by atomic mass is 10.0. The first-order valence-corrected chi connectivity index (χ1v) is 10.4. The Morgan fingerprint density at radius 2 is 1.53 bits per heavy atom. The summed E-state index contributed by atoms with van der Waals surface area (Å²) in [5.74, 6) is -1.01. The number of rotatable bonds is 5. The Morgan fingerprint density at radius 3 is 2.13 bits per heavy atom. The van der Waals surface area contributed by atoms with Crippen LogP contribution in [0, 0.1) is 0 Å². The molecule has 6 heteroatoms. The normalized spacial score (nSPS) is 15.7. The van der Waals surface area contributed by atoms with E-state index in [4.69, 9.17) is 0 Å². The Kier molecular flexibility index (Phi) is 5.70. The number of carboxylic acids is 1. The van der Waals surface area contributed by atoms with Crippen LogP contribution in [0.2, 0.25) is 0 Å². The molecule has 1 saturated heterocycles. The van der Waals surface area contributed by atoms with Crippen LogP contribution in [0.1, 0.15) is 29.9 Å². The molecule has 0 unspecified atom stereocenters. The number of carbonyl (C=O) groups is 1. The van der Waals surface area contributed by atoms with Crippen LogP contribution in [0.25, 0.3) is 16.5 Å². The molecule has 0 radical (unpaired) electrons. The van der Waals surface area contributed by atoms with Crippen molar-refractivity contribution >= 4 is 16.7 Å². The number of aromatic carboxylic acids is 1. The van der Waals surface area contributed by atoms with Crippen molar-refractivity contribution in [1.82, 2.24) is 14.4 Å². The van der Waals surface area contributed by atoms with Crippen LogP contribution in [0.15, 0.2) is 59.4 Å². The molecule has 0 aliphatic carbocycles. The molecule has 1 aliphatic heterocycles. The van der Waals surface area contributed by atoms with Gasteiger partial charge >= 0.3 is 5.97 Å². The first-order valence-electron chi connectivity index (χ1n) is 10.4. The van der Waals surface area contributed by atoms with Gasteiger partial charge in [-0.25, -0.2) is 4.79 Å². The molecule has 156 valence electrons. The molecule has 1 aliphatic rings. The lowest BCUT2D eigenvalue weighted by molar-refractivity contribution is 0.0692. The molecule has 3 aromatic rings. The second-order valence-electron chi connectivity index (χ2n) is 8.05. The van der Waals surface area contributed by atoms with Crippen molar-refractivity contribution in [2.24, 2.45) is 0 Å². The van der Waals surface area contributed by atoms with Gasteiger partial charge in [-0.05, 0) is 32.0 Å². The van der Waals surface area contributed by atoms with Crippen LogP contribution in [0.3, 0.4) is 0 Å². The topological polar surface area (TPSA) is 65.8 Å². The molecule has 4 rings (SSSR count). The second kappa shape index (κ2) is 8.42. The Morgan fingerprint density at radius 1 is 0.933 bits per heavy atom. The summed E-state index contributed by atoms with van der Waals surface area (Å²) in [5, 5.41) is 11.0. The van der Waals surface area contributed by atoms with E-state index in [-0.39, 0.29) is 11.1 Å². The van der Waals surface area contributed by atoms with E-state index in [1.54, 1.807) is 28.8 Å². The van der Waals surface area contributed by atoms with E-state index in [2.05, 4.69) is 23.6 Å². The molecule has 1 N–H and O–H groups in total. The number of benzene rings is 2. The predicted molar refractivity (Wildman–Crippen MR) is 118 cm³/mol. The number of para-hydroxylation sites is 1. The minimum Gasteiger partial charge on any atom is -0.478 e. The van der Waals surface area contributed by atoms with Crippen molar-refractivity contribution < 1.29 is 9.90 Å². The number of fused-ring (bicyclic) bond motifs is 1. The number of carboxylic acid groups (broad SMARTS) is 1. The maximum atomic E-state index is 13.5. The Labute approximate surface area is 176 Å². The van der Waals surface area contributed by atoms with E-state index in [9.17, 15) is 14.7 Å². The minimum absolute atomic E-state index is 0.183. The fourth-order valence-corrected chi connectivity index (χ4v) is 4.29. The molecular weight excluding hydrogens is 378 g/mol. The van der Waals surface area contributed by atoms with Crippen LogP contribution in [-0.2, 0) is 6.54 Å². The molecule has 6 nitrogen and oxygen atoms in total. The van der Waals surface area contributed by atoms with Gasteiger partial charge in [-0.15, -0.1) is 0 Å². The third-order valence-electron chi connectivity index (χ3n) is 5.93. The van der Waals surface area contributed by atoms with Crippen LogP contribution in [-0.4, -0.2) is 57.7 Å². The van der Waals surface area contributed by atoms with Crippen LogP contribution in [0.4, 0.5) is 0 Å². The SMILES string of the molecule is CC(C)N1CCN(Cc2c(C(=O)O)c3ccccc3c(=O)n2-c2ccccc2)CC1. The third-order valence-corrected chi connectivity index (χ3v) is 5.93. The number of nitrogens with zero attached hydrogens (tertiary/aromatic N) is 3. The van der Waals surface area contributed by atoms with Crippen molar-refractivity contribution in [2.45, 2.75) is 26.4 Å². The van der Waals surface area contributed by atoms with Crippen molar-refractivity contribution in [2.75, 3.05) is 26.2 Å². The van der Waals surface area contributed by atoms with Crippen LogP contribution < -0.4 is 5.56 Å². The third kappa shape index (κ3) is 3.76. The number of hydrogen-bond acceptors (Lipinski definition) is 4. The first kappa shape index (κ1) is 20.3. The average molecular weight is 405 g/mol. The van der Waals surface area contributed by atoms with Gasteiger partial charge in [-0.1, -0.05) is 36.4 Å². The lowest BCUT2D eigenvalue weighted by Gasteiger charge is -2.37. The molecule has 0 atom stereocenters. The number of pyridine rings is 1. The smallest absolute Gasteiger partial charge is 0.338 e. The van der Waals surface area contributed by atoms with E-state index in [1.165, 1.54) is 0 Å². The molecule has 0 bridgehead atoms. The zero-order chi connectivity index (χ0) is 21.3. The highest BCUT2D eigenvalue weighted by molar-refractivity contribution is 6.04. The van der Waals surface area contributed by atoms with Gasteiger partial charge in [0.2, 0.25) is 0 Å². The molecule has 0 amide bonds. The maximum Gasteiger partial charge on any atom is 0.338 e. The summed E-state index contributed by atoms with van der Waals surface area (Å²) in [6.07, 6.45) is 0. The predicted octanol–water partition coefficient (Wildman–Crippen LogP) is 3.21. The van der Waals surface area contributed by atoms with Gasteiger partial charge < -0.3 is 5.11 Å². The minimum atomic E-state index is -1.01. The molecule has 2 aromatic carbocycles. The molecule has 30 heavy (non-hydrogen) atoms. The maximum absolute atomic E-state index is 13.5. The summed E-state index contributed by atoms with van der Waals surface area (Å²) >= 11 is 0. The highest BCUT2D eigenvalue weighted by Gasteiger charge is 2.26. The van der Waals surface area contributed by atoms with Gasteiger partial charge in [0.15, 0.2) is 0 Å². The van der Waals surface area contributed by atoms with Crippen molar-refractivity contribution in [3.63, 3.8) is 0 Å². The zero-order valence-corrected chi connectivity index (χ0v) is 17.4. The highest BCUT2D eigenvalue weighted by atomic mass is 16.4. The summed E-state index contributed by atoms with van der Waals surface area (Å²) in [4.78, 5) is 30.5. The summed E-state index contributed by atoms with van der Waals surface area (Å²) in [6, 6.07) is 16.8. The van der Waals surface area contributed by atoms with Crippen molar-refractivity contribution in [1.29, 1.82) is 0 Å². The van der Waals surface area contributed by atoms with E-state index in [1.807, 2.05) is 30.3 Å². The molecular formula is C24H27N3O3. The van der Waals surface area contributed by atoms with Crippen LogP contribution >= 0.6 is 0 Å². The number of piperazine rings is 1. The molecule has 2 heterocycles. The Balaban J connectivity index is 1.87. The molecule has 0 spiro atoms. The Bertz CT molecular complexity index is 1110. The van der Waals surface area contributed by atoms with Crippen LogP contribution in [0.5, 0.6) is 0 Å². The van der Waals surface area contributed by atoms with Gasteiger partial charge in [0, 0.05) is 55.2 Å². The van der Waals surface area contributed by atoms with E-state index in [0.29, 0.717) is 34.7 Å². The lowest BCUT2D eigenvalue weighted by Crippen LogP contribution is -2.49. The summed E-state index contributed by atoms with van der Waals surface area (Å²) in [6.45, 7) is 8.35. The number of aromatic nitrogens is 1.